The molecule has 3 heteroatoms. The molecule has 0 saturated carbocycles. The fourth-order valence-corrected chi connectivity index (χ4v) is 1.57. The van der Waals surface area contributed by atoms with Crippen LogP contribution in [0.4, 0.5) is 5.82 Å². The fraction of sp³-hybridized carbons (Fsp3) is 0.250. The second-order valence-corrected chi connectivity index (χ2v) is 3.97. The monoisotopic (exact) mass is 201 g/mol. The molecule has 0 bridgehead atoms. The van der Waals surface area contributed by atoms with Crippen molar-refractivity contribution in [1.82, 2.24) is 10.2 Å². The van der Waals surface area contributed by atoms with E-state index in [4.69, 9.17) is 5.73 Å². The Morgan fingerprint density at radius 3 is 2.33 bits per heavy atom. The molecule has 0 unspecified atom stereocenters. The van der Waals surface area contributed by atoms with Crippen LogP contribution in [0.15, 0.2) is 30.5 Å². The number of nitrogen functional groups attached to an aromatic ring is 1. The van der Waals surface area contributed by atoms with Gasteiger partial charge in [-0.15, -0.1) is 0 Å². The second-order valence-electron chi connectivity index (χ2n) is 3.97. The van der Waals surface area contributed by atoms with Crippen LogP contribution in [0, 0.1) is 0 Å². The molecule has 78 valence electrons. The van der Waals surface area contributed by atoms with E-state index in [1.807, 2.05) is 0 Å². The number of hydrogen-bond donors (Lipinski definition) is 2. The molecular formula is C12H15N3. The zero-order valence-corrected chi connectivity index (χ0v) is 8.99. The van der Waals surface area contributed by atoms with Crippen LogP contribution in [0.3, 0.4) is 0 Å². The van der Waals surface area contributed by atoms with Gasteiger partial charge in [0.1, 0.15) is 5.82 Å². The summed E-state index contributed by atoms with van der Waals surface area (Å²) in [6, 6.07) is 8.42. The highest BCUT2D eigenvalue weighted by Gasteiger charge is 2.05. The third kappa shape index (κ3) is 1.86. The molecule has 0 aliphatic heterocycles. The van der Waals surface area contributed by atoms with Gasteiger partial charge in [-0.05, 0) is 17.0 Å². The van der Waals surface area contributed by atoms with E-state index in [1.165, 1.54) is 5.56 Å². The van der Waals surface area contributed by atoms with E-state index >= 15 is 0 Å². The molecule has 3 nitrogen and oxygen atoms in total. The Morgan fingerprint density at radius 1 is 1.20 bits per heavy atom. The van der Waals surface area contributed by atoms with Crippen molar-refractivity contribution in [2.45, 2.75) is 19.8 Å². The van der Waals surface area contributed by atoms with E-state index in [1.54, 1.807) is 6.20 Å². The van der Waals surface area contributed by atoms with Gasteiger partial charge in [-0.3, -0.25) is 5.10 Å². The van der Waals surface area contributed by atoms with Gasteiger partial charge in [-0.1, -0.05) is 38.1 Å². The van der Waals surface area contributed by atoms with E-state index in [2.05, 4.69) is 48.3 Å². The standard InChI is InChI=1S/C12H15N3/c1-8(2)9-3-5-10(6-4-9)11-7-14-15-12(11)13/h3-8H,1-2H3,(H3,13,14,15). The molecule has 15 heavy (non-hydrogen) atoms. The van der Waals surface area contributed by atoms with Gasteiger partial charge in [-0.2, -0.15) is 5.10 Å². The fourth-order valence-electron chi connectivity index (χ4n) is 1.57. The van der Waals surface area contributed by atoms with Crippen LogP contribution in [0.25, 0.3) is 11.1 Å². The molecule has 2 rings (SSSR count). The van der Waals surface area contributed by atoms with E-state index in [-0.39, 0.29) is 0 Å². The zero-order chi connectivity index (χ0) is 10.8. The summed E-state index contributed by atoms with van der Waals surface area (Å²) < 4.78 is 0. The number of rotatable bonds is 2. The summed E-state index contributed by atoms with van der Waals surface area (Å²) in [5.74, 6) is 1.17. The Balaban J connectivity index is 2.36. The molecule has 0 amide bonds. The topological polar surface area (TPSA) is 54.7 Å². The lowest BCUT2D eigenvalue weighted by Crippen LogP contribution is -1.89. The van der Waals surface area contributed by atoms with Gasteiger partial charge in [0.15, 0.2) is 0 Å². The van der Waals surface area contributed by atoms with Crippen molar-refractivity contribution in [2.24, 2.45) is 0 Å². The molecule has 3 N–H and O–H groups in total. The first kappa shape index (κ1) is 9.77. The number of anilines is 1. The highest BCUT2D eigenvalue weighted by atomic mass is 15.1. The average molecular weight is 201 g/mol. The van der Waals surface area contributed by atoms with Crippen LogP contribution < -0.4 is 5.73 Å². The van der Waals surface area contributed by atoms with Gasteiger partial charge in [0, 0.05) is 5.56 Å². The lowest BCUT2D eigenvalue weighted by Gasteiger charge is -2.06. The summed E-state index contributed by atoms with van der Waals surface area (Å²) in [5.41, 5.74) is 9.15. The van der Waals surface area contributed by atoms with E-state index in [0.29, 0.717) is 11.7 Å². The second kappa shape index (κ2) is 3.77. The van der Waals surface area contributed by atoms with Crippen LogP contribution in [-0.4, -0.2) is 10.2 Å². The molecule has 1 heterocycles. The first-order valence-corrected chi connectivity index (χ1v) is 5.07. The summed E-state index contributed by atoms with van der Waals surface area (Å²) in [6.07, 6.45) is 1.75. The van der Waals surface area contributed by atoms with Crippen molar-refractivity contribution in [2.75, 3.05) is 5.73 Å². The molecule has 1 aromatic carbocycles. The zero-order valence-electron chi connectivity index (χ0n) is 8.99. The number of nitrogens with zero attached hydrogens (tertiary/aromatic N) is 1. The largest absolute Gasteiger partial charge is 0.384 e. The van der Waals surface area contributed by atoms with Gasteiger partial charge >= 0.3 is 0 Å². The van der Waals surface area contributed by atoms with Crippen molar-refractivity contribution in [3.05, 3.63) is 36.0 Å². The lowest BCUT2D eigenvalue weighted by atomic mass is 10.00. The lowest BCUT2D eigenvalue weighted by molar-refractivity contribution is 0.867. The number of benzene rings is 1. The number of aromatic amines is 1. The van der Waals surface area contributed by atoms with E-state index < -0.39 is 0 Å². The molecule has 0 fully saturated rings. The van der Waals surface area contributed by atoms with E-state index in [9.17, 15) is 0 Å². The van der Waals surface area contributed by atoms with E-state index in [0.717, 1.165) is 11.1 Å². The Bertz CT molecular complexity index is 440. The highest BCUT2D eigenvalue weighted by molar-refractivity contribution is 5.73. The highest BCUT2D eigenvalue weighted by Crippen LogP contribution is 2.25. The molecule has 0 atom stereocenters. The van der Waals surface area contributed by atoms with Crippen LogP contribution in [0.2, 0.25) is 0 Å². The van der Waals surface area contributed by atoms with Crippen molar-refractivity contribution in [1.29, 1.82) is 0 Å². The predicted octanol–water partition coefficient (Wildman–Crippen LogP) is 2.78. The number of nitrogens with one attached hydrogen (secondary N) is 1. The van der Waals surface area contributed by atoms with Gasteiger partial charge in [0.25, 0.3) is 0 Å². The Kier molecular flexibility index (Phi) is 2.46. The minimum absolute atomic E-state index is 0.556. The number of nitrogens with two attached hydrogens (primary N) is 1. The third-order valence-electron chi connectivity index (χ3n) is 2.56. The minimum Gasteiger partial charge on any atom is -0.384 e. The predicted molar refractivity (Wildman–Crippen MR) is 62.5 cm³/mol. The molecule has 0 spiro atoms. The van der Waals surface area contributed by atoms with Gasteiger partial charge in [0.05, 0.1) is 6.20 Å². The molecule has 0 aliphatic rings. The van der Waals surface area contributed by atoms with Crippen LogP contribution >= 0.6 is 0 Å². The maximum Gasteiger partial charge on any atom is 0.126 e. The van der Waals surface area contributed by atoms with Gasteiger partial charge in [-0.25, -0.2) is 0 Å². The molecule has 1 aromatic heterocycles. The first-order chi connectivity index (χ1) is 7.18. The summed E-state index contributed by atoms with van der Waals surface area (Å²) in [6.45, 7) is 4.36. The van der Waals surface area contributed by atoms with Crippen LogP contribution in [0.1, 0.15) is 25.3 Å². The van der Waals surface area contributed by atoms with Gasteiger partial charge < -0.3 is 5.73 Å². The minimum atomic E-state index is 0.556. The van der Waals surface area contributed by atoms with Crippen LogP contribution in [0.5, 0.6) is 0 Å². The summed E-state index contributed by atoms with van der Waals surface area (Å²) in [7, 11) is 0. The summed E-state index contributed by atoms with van der Waals surface area (Å²) in [4.78, 5) is 0. The summed E-state index contributed by atoms with van der Waals surface area (Å²) >= 11 is 0. The quantitative estimate of drug-likeness (QED) is 0.785. The van der Waals surface area contributed by atoms with Crippen LogP contribution in [-0.2, 0) is 0 Å². The molecular weight excluding hydrogens is 186 g/mol. The molecule has 0 radical (unpaired) electrons. The maximum absolute atomic E-state index is 5.75. The normalized spacial score (nSPS) is 10.9. The Labute approximate surface area is 89.3 Å². The summed E-state index contributed by atoms with van der Waals surface area (Å²) in [5, 5.41) is 6.64. The molecule has 0 aliphatic carbocycles. The maximum atomic E-state index is 5.75. The first-order valence-electron chi connectivity index (χ1n) is 5.07. The number of aromatic nitrogens is 2. The SMILES string of the molecule is CC(C)c1ccc(-c2cn[nH]c2N)cc1. The van der Waals surface area contributed by atoms with Crippen molar-refractivity contribution >= 4 is 5.82 Å². The third-order valence-corrected chi connectivity index (χ3v) is 2.56. The van der Waals surface area contributed by atoms with Crippen molar-refractivity contribution in [3.63, 3.8) is 0 Å². The van der Waals surface area contributed by atoms with Gasteiger partial charge in [0.2, 0.25) is 0 Å². The molecule has 2 aromatic rings. The Morgan fingerprint density at radius 2 is 1.87 bits per heavy atom. The number of H-pyrrole nitrogens is 1. The number of hydrogen-bond acceptors (Lipinski definition) is 2. The van der Waals surface area contributed by atoms with Crippen molar-refractivity contribution < 1.29 is 0 Å². The smallest absolute Gasteiger partial charge is 0.126 e. The Hall–Kier alpha value is -1.77. The molecule has 0 saturated heterocycles. The average Bonchev–Trinajstić information content (AvgIpc) is 2.65. The van der Waals surface area contributed by atoms with Crippen molar-refractivity contribution in [3.8, 4) is 11.1 Å².